The van der Waals surface area contributed by atoms with Crippen molar-refractivity contribution in [2.24, 2.45) is 0 Å². The molecule has 0 unspecified atom stereocenters. The van der Waals surface area contributed by atoms with Crippen LogP contribution in [0, 0.1) is 6.92 Å². The van der Waals surface area contributed by atoms with Crippen LogP contribution in [0.1, 0.15) is 11.4 Å². The maximum atomic E-state index is 4.40. The van der Waals surface area contributed by atoms with Gasteiger partial charge in [0.05, 0.1) is 11.2 Å². The zero-order valence-electron chi connectivity index (χ0n) is 11.1. The Morgan fingerprint density at radius 2 is 2.25 bits per heavy atom. The van der Waals surface area contributed by atoms with Crippen molar-refractivity contribution in [2.75, 3.05) is 11.9 Å². The maximum absolute atomic E-state index is 4.40. The van der Waals surface area contributed by atoms with Crippen molar-refractivity contribution in [1.29, 1.82) is 0 Å². The van der Waals surface area contributed by atoms with Crippen molar-refractivity contribution in [3.63, 3.8) is 0 Å². The number of aromatic amines is 1. The fourth-order valence-corrected chi connectivity index (χ4v) is 2.75. The van der Waals surface area contributed by atoms with E-state index < -0.39 is 0 Å². The van der Waals surface area contributed by atoms with Gasteiger partial charge in [0.1, 0.15) is 17.8 Å². The summed E-state index contributed by atoms with van der Waals surface area (Å²) in [7, 11) is 0. The van der Waals surface area contributed by atoms with Gasteiger partial charge >= 0.3 is 0 Å². The Bertz CT molecular complexity index is 674. The molecule has 0 aliphatic rings. The number of nitrogens with zero attached hydrogens (tertiary/aromatic N) is 3. The van der Waals surface area contributed by atoms with E-state index in [4.69, 9.17) is 0 Å². The smallest absolute Gasteiger partial charge is 0.129 e. The van der Waals surface area contributed by atoms with Gasteiger partial charge in [0.2, 0.25) is 0 Å². The lowest BCUT2D eigenvalue weighted by Crippen LogP contribution is -2.07. The van der Waals surface area contributed by atoms with Crippen LogP contribution in [0.3, 0.4) is 0 Å². The number of H-pyrrole nitrogens is 1. The van der Waals surface area contributed by atoms with E-state index in [0.717, 1.165) is 35.9 Å². The molecular weight excluding hydrogens is 270 g/mol. The molecule has 20 heavy (non-hydrogen) atoms. The standard InChI is InChI=1S/C14H15N5S/c1-10-7-13(18-8-16-10)15-5-4-11-14(19-9-17-11)12-3-2-6-20-12/h2-3,6-9H,4-5H2,1H3,(H,17,19)(H,15,16,18). The quantitative estimate of drug-likeness (QED) is 0.756. The minimum Gasteiger partial charge on any atom is -0.370 e. The highest BCUT2D eigenvalue weighted by Crippen LogP contribution is 2.25. The first-order chi connectivity index (χ1) is 9.83. The highest BCUT2D eigenvalue weighted by atomic mass is 32.1. The summed E-state index contributed by atoms with van der Waals surface area (Å²) in [5.74, 6) is 0.856. The van der Waals surface area contributed by atoms with E-state index in [9.17, 15) is 0 Å². The van der Waals surface area contributed by atoms with Crippen LogP contribution in [-0.2, 0) is 6.42 Å². The van der Waals surface area contributed by atoms with Gasteiger partial charge in [0.25, 0.3) is 0 Å². The minimum absolute atomic E-state index is 0.803. The SMILES string of the molecule is Cc1cc(NCCc2[nH]cnc2-c2cccs2)ncn1. The van der Waals surface area contributed by atoms with Gasteiger partial charge in [-0.1, -0.05) is 6.07 Å². The molecule has 0 aromatic carbocycles. The molecule has 0 bridgehead atoms. The summed E-state index contributed by atoms with van der Waals surface area (Å²) in [5, 5.41) is 5.37. The van der Waals surface area contributed by atoms with Crippen LogP contribution in [-0.4, -0.2) is 26.5 Å². The van der Waals surface area contributed by atoms with E-state index in [1.807, 2.05) is 19.1 Å². The summed E-state index contributed by atoms with van der Waals surface area (Å²) in [4.78, 5) is 17.1. The van der Waals surface area contributed by atoms with E-state index in [2.05, 4.69) is 36.7 Å². The lowest BCUT2D eigenvalue weighted by Gasteiger charge is -2.05. The fraction of sp³-hybridized carbons (Fsp3) is 0.214. The van der Waals surface area contributed by atoms with Crippen molar-refractivity contribution in [1.82, 2.24) is 19.9 Å². The molecule has 3 aromatic rings. The van der Waals surface area contributed by atoms with Crippen LogP contribution in [0.25, 0.3) is 10.6 Å². The third-order valence-electron chi connectivity index (χ3n) is 2.96. The Labute approximate surface area is 121 Å². The maximum Gasteiger partial charge on any atom is 0.129 e. The molecule has 3 rings (SSSR count). The minimum atomic E-state index is 0.803. The zero-order valence-corrected chi connectivity index (χ0v) is 11.9. The van der Waals surface area contributed by atoms with Crippen LogP contribution >= 0.6 is 11.3 Å². The Balaban J connectivity index is 1.64. The second-order valence-electron chi connectivity index (χ2n) is 4.43. The summed E-state index contributed by atoms with van der Waals surface area (Å²) in [6.07, 6.45) is 4.19. The molecule has 102 valence electrons. The molecule has 0 aliphatic heterocycles. The average Bonchev–Trinajstić information content (AvgIpc) is 3.09. The largest absolute Gasteiger partial charge is 0.370 e. The molecule has 0 atom stereocenters. The molecule has 0 radical (unpaired) electrons. The zero-order chi connectivity index (χ0) is 13.8. The van der Waals surface area contributed by atoms with Gasteiger partial charge in [0.15, 0.2) is 0 Å². The third kappa shape index (κ3) is 2.85. The molecule has 0 saturated carbocycles. The summed E-state index contributed by atoms with van der Waals surface area (Å²) in [5.41, 5.74) is 3.15. The Kier molecular flexibility index (Phi) is 3.73. The molecule has 6 heteroatoms. The number of rotatable bonds is 5. The van der Waals surface area contributed by atoms with Gasteiger partial charge < -0.3 is 10.3 Å². The van der Waals surface area contributed by atoms with Gasteiger partial charge in [-0.05, 0) is 18.4 Å². The Morgan fingerprint density at radius 1 is 1.30 bits per heavy atom. The third-order valence-corrected chi connectivity index (χ3v) is 3.83. The molecule has 0 saturated heterocycles. The second kappa shape index (κ2) is 5.83. The van der Waals surface area contributed by atoms with E-state index in [-0.39, 0.29) is 0 Å². The monoisotopic (exact) mass is 285 g/mol. The summed E-state index contributed by atoms with van der Waals surface area (Å²) in [6.45, 7) is 2.76. The number of imidazole rings is 1. The molecule has 0 aliphatic carbocycles. The molecule has 3 heterocycles. The Hall–Kier alpha value is -2.21. The predicted octanol–water partition coefficient (Wildman–Crippen LogP) is 2.89. The van der Waals surface area contributed by atoms with E-state index in [1.165, 1.54) is 4.88 Å². The number of aromatic nitrogens is 4. The molecular formula is C14H15N5S. The topological polar surface area (TPSA) is 66.5 Å². The number of thiophene rings is 1. The van der Waals surface area contributed by atoms with Crippen LogP contribution in [0.2, 0.25) is 0 Å². The average molecular weight is 285 g/mol. The number of anilines is 1. The van der Waals surface area contributed by atoms with Gasteiger partial charge in [-0.15, -0.1) is 11.3 Å². The van der Waals surface area contributed by atoms with Crippen LogP contribution in [0.4, 0.5) is 5.82 Å². The first-order valence-electron chi connectivity index (χ1n) is 6.41. The summed E-state index contributed by atoms with van der Waals surface area (Å²) in [6, 6.07) is 6.07. The first-order valence-corrected chi connectivity index (χ1v) is 7.29. The molecule has 0 spiro atoms. The van der Waals surface area contributed by atoms with Crippen molar-refractivity contribution >= 4 is 17.2 Å². The molecule has 3 aromatic heterocycles. The number of hydrogen-bond donors (Lipinski definition) is 2. The second-order valence-corrected chi connectivity index (χ2v) is 5.38. The highest BCUT2D eigenvalue weighted by molar-refractivity contribution is 7.13. The van der Waals surface area contributed by atoms with Gasteiger partial charge in [0, 0.05) is 30.4 Å². The summed E-state index contributed by atoms with van der Waals surface area (Å²) >= 11 is 1.70. The van der Waals surface area contributed by atoms with Gasteiger partial charge in [-0.2, -0.15) is 0 Å². The van der Waals surface area contributed by atoms with Crippen LogP contribution in [0.15, 0.2) is 36.2 Å². The number of hydrogen-bond acceptors (Lipinski definition) is 5. The molecule has 0 fully saturated rings. The predicted molar refractivity (Wildman–Crippen MR) is 80.9 cm³/mol. The van der Waals surface area contributed by atoms with E-state index in [1.54, 1.807) is 24.0 Å². The molecule has 0 amide bonds. The number of nitrogens with one attached hydrogen (secondary N) is 2. The highest BCUT2D eigenvalue weighted by Gasteiger charge is 2.08. The fourth-order valence-electron chi connectivity index (χ4n) is 2.00. The Morgan fingerprint density at radius 3 is 3.05 bits per heavy atom. The van der Waals surface area contributed by atoms with Crippen molar-refractivity contribution in [2.45, 2.75) is 13.3 Å². The normalized spacial score (nSPS) is 10.7. The van der Waals surface area contributed by atoms with E-state index in [0.29, 0.717) is 0 Å². The van der Waals surface area contributed by atoms with E-state index >= 15 is 0 Å². The van der Waals surface area contributed by atoms with Gasteiger partial charge in [-0.3, -0.25) is 0 Å². The first kappa shape index (κ1) is 12.8. The van der Waals surface area contributed by atoms with Gasteiger partial charge in [-0.25, -0.2) is 15.0 Å². The lowest BCUT2D eigenvalue weighted by molar-refractivity contribution is 0.963. The summed E-state index contributed by atoms with van der Waals surface area (Å²) < 4.78 is 0. The number of aryl methyl sites for hydroxylation is 1. The lowest BCUT2D eigenvalue weighted by atomic mass is 10.2. The van der Waals surface area contributed by atoms with Crippen molar-refractivity contribution in [3.05, 3.63) is 47.6 Å². The van der Waals surface area contributed by atoms with Crippen molar-refractivity contribution < 1.29 is 0 Å². The molecule has 2 N–H and O–H groups in total. The molecule has 5 nitrogen and oxygen atoms in total. The van der Waals surface area contributed by atoms with Crippen LogP contribution < -0.4 is 5.32 Å². The van der Waals surface area contributed by atoms with Crippen LogP contribution in [0.5, 0.6) is 0 Å². The van der Waals surface area contributed by atoms with Crippen molar-refractivity contribution in [3.8, 4) is 10.6 Å².